The Morgan fingerprint density at radius 3 is 2.69 bits per heavy atom. The van der Waals surface area contributed by atoms with E-state index in [0.29, 0.717) is 16.4 Å². The van der Waals surface area contributed by atoms with Gasteiger partial charge in [0, 0.05) is 23.0 Å². The molecule has 0 aliphatic rings. The lowest BCUT2D eigenvalue weighted by atomic mass is 10.2. The van der Waals surface area contributed by atoms with Gasteiger partial charge in [-0.1, -0.05) is 0 Å². The summed E-state index contributed by atoms with van der Waals surface area (Å²) < 4.78 is 0. The molecule has 5 heteroatoms. The number of anilines is 1. The van der Waals surface area contributed by atoms with Gasteiger partial charge in [0.25, 0.3) is 0 Å². The number of hydrogen-bond acceptors (Lipinski definition) is 5. The van der Waals surface area contributed by atoms with E-state index in [1.807, 2.05) is 0 Å². The number of rotatable bonds is 2. The van der Waals surface area contributed by atoms with Crippen molar-refractivity contribution in [3.63, 3.8) is 0 Å². The zero-order valence-corrected chi connectivity index (χ0v) is 9.11. The van der Waals surface area contributed by atoms with E-state index in [1.54, 1.807) is 36.7 Å². The Bertz CT molecular complexity index is 533. The number of nitrogen functional groups attached to an aromatic ring is 1. The number of nitrogens with two attached hydrogens (primary N) is 1. The van der Waals surface area contributed by atoms with Crippen LogP contribution in [-0.2, 0) is 0 Å². The van der Waals surface area contributed by atoms with Crippen LogP contribution >= 0.6 is 11.8 Å². The van der Waals surface area contributed by atoms with Gasteiger partial charge in [-0.15, -0.1) is 0 Å². The van der Waals surface area contributed by atoms with E-state index in [9.17, 15) is 0 Å². The van der Waals surface area contributed by atoms with Crippen LogP contribution in [0, 0.1) is 11.3 Å². The molecule has 0 radical (unpaired) electrons. The van der Waals surface area contributed by atoms with Crippen LogP contribution in [0.15, 0.2) is 46.7 Å². The molecule has 0 bridgehead atoms. The largest absolute Gasteiger partial charge is 0.398 e. The average molecular weight is 228 g/mol. The first-order valence-electron chi connectivity index (χ1n) is 4.54. The number of aromatic nitrogens is 2. The van der Waals surface area contributed by atoms with Gasteiger partial charge in [-0.3, -0.25) is 0 Å². The highest BCUT2D eigenvalue weighted by molar-refractivity contribution is 7.99. The minimum absolute atomic E-state index is 0.577. The number of hydrogen-bond donors (Lipinski definition) is 1. The lowest BCUT2D eigenvalue weighted by Gasteiger charge is -2.03. The summed E-state index contributed by atoms with van der Waals surface area (Å²) >= 11 is 1.35. The smallest absolute Gasteiger partial charge is 0.192 e. The fourth-order valence-corrected chi connectivity index (χ4v) is 1.92. The summed E-state index contributed by atoms with van der Waals surface area (Å²) in [5.74, 6) is 0. The van der Waals surface area contributed by atoms with Crippen molar-refractivity contribution in [2.45, 2.75) is 10.1 Å². The molecule has 0 saturated carbocycles. The highest BCUT2D eigenvalue weighted by atomic mass is 32.2. The number of nitrogens with zero attached hydrogens (tertiary/aromatic N) is 3. The molecule has 78 valence electrons. The Hall–Kier alpha value is -2.06. The lowest BCUT2D eigenvalue weighted by molar-refractivity contribution is 0.967. The first-order chi connectivity index (χ1) is 7.79. The molecule has 0 aliphatic carbocycles. The summed E-state index contributed by atoms with van der Waals surface area (Å²) in [5, 5.41) is 9.40. The molecule has 1 heterocycles. The molecule has 4 nitrogen and oxygen atoms in total. The van der Waals surface area contributed by atoms with Gasteiger partial charge in [0.1, 0.15) is 0 Å². The molecule has 1 aromatic carbocycles. The van der Waals surface area contributed by atoms with Crippen molar-refractivity contribution in [3.05, 3.63) is 42.2 Å². The van der Waals surface area contributed by atoms with Crippen molar-refractivity contribution >= 4 is 17.4 Å². The second kappa shape index (κ2) is 4.64. The minimum Gasteiger partial charge on any atom is -0.398 e. The van der Waals surface area contributed by atoms with Crippen molar-refractivity contribution in [2.24, 2.45) is 0 Å². The molecular weight excluding hydrogens is 220 g/mol. The Morgan fingerprint density at radius 1 is 1.25 bits per heavy atom. The summed E-state index contributed by atoms with van der Waals surface area (Å²) in [5.41, 5.74) is 7.00. The Kier molecular flexibility index (Phi) is 3.03. The van der Waals surface area contributed by atoms with Crippen LogP contribution in [0.3, 0.4) is 0 Å². The van der Waals surface area contributed by atoms with Crippen molar-refractivity contribution in [1.82, 2.24) is 9.97 Å². The number of benzene rings is 1. The molecular formula is C11H8N4S. The molecule has 2 N–H and O–H groups in total. The zero-order valence-electron chi connectivity index (χ0n) is 8.29. The molecule has 0 unspecified atom stereocenters. The quantitative estimate of drug-likeness (QED) is 0.629. The van der Waals surface area contributed by atoms with Crippen molar-refractivity contribution in [2.75, 3.05) is 5.73 Å². The molecule has 0 aliphatic heterocycles. The van der Waals surface area contributed by atoms with Crippen LogP contribution in [0.4, 0.5) is 5.69 Å². The SMILES string of the molecule is N#Cc1ccc(N)c(Sc2ncccn2)c1. The van der Waals surface area contributed by atoms with Gasteiger partial charge in [0.15, 0.2) is 5.16 Å². The maximum absolute atomic E-state index is 8.79. The summed E-state index contributed by atoms with van der Waals surface area (Å²) in [6, 6.07) is 8.95. The third-order valence-electron chi connectivity index (χ3n) is 1.89. The Labute approximate surface area is 97.1 Å². The van der Waals surface area contributed by atoms with Gasteiger partial charge >= 0.3 is 0 Å². The Balaban J connectivity index is 2.31. The van der Waals surface area contributed by atoms with Crippen LogP contribution in [0.5, 0.6) is 0 Å². The normalized spacial score (nSPS) is 9.69. The molecule has 1 aromatic heterocycles. The van der Waals surface area contributed by atoms with Crippen molar-refractivity contribution in [3.8, 4) is 6.07 Å². The van der Waals surface area contributed by atoms with Gasteiger partial charge in [-0.2, -0.15) is 5.26 Å². The molecule has 0 fully saturated rings. The number of nitriles is 1. The predicted molar refractivity (Wildman–Crippen MR) is 61.7 cm³/mol. The fourth-order valence-electron chi connectivity index (χ4n) is 1.13. The van der Waals surface area contributed by atoms with Crippen LogP contribution in [0.25, 0.3) is 0 Å². The summed E-state index contributed by atoms with van der Waals surface area (Å²) in [6.07, 6.45) is 3.33. The second-order valence-electron chi connectivity index (χ2n) is 3.00. The van der Waals surface area contributed by atoms with Crippen molar-refractivity contribution < 1.29 is 0 Å². The average Bonchev–Trinajstić information content (AvgIpc) is 2.33. The monoisotopic (exact) mass is 228 g/mol. The second-order valence-corrected chi connectivity index (χ2v) is 4.01. The predicted octanol–water partition coefficient (Wildman–Crippen LogP) is 2.08. The van der Waals surface area contributed by atoms with E-state index in [-0.39, 0.29) is 0 Å². The maximum atomic E-state index is 8.79. The highest BCUT2D eigenvalue weighted by Gasteiger charge is 2.04. The molecule has 2 aromatic rings. The molecule has 0 spiro atoms. The van der Waals surface area contributed by atoms with Crippen LogP contribution in [0.2, 0.25) is 0 Å². The first-order valence-corrected chi connectivity index (χ1v) is 5.36. The standard InChI is InChI=1S/C11H8N4S/c12-7-8-2-3-9(13)10(6-8)16-11-14-4-1-5-15-11/h1-6H,13H2. The van der Waals surface area contributed by atoms with E-state index < -0.39 is 0 Å². The van der Waals surface area contributed by atoms with E-state index in [1.165, 1.54) is 11.8 Å². The van der Waals surface area contributed by atoms with Gasteiger partial charge in [0.05, 0.1) is 11.6 Å². The molecule has 16 heavy (non-hydrogen) atoms. The third-order valence-corrected chi connectivity index (χ3v) is 2.85. The van der Waals surface area contributed by atoms with E-state index in [2.05, 4.69) is 16.0 Å². The zero-order chi connectivity index (χ0) is 11.4. The van der Waals surface area contributed by atoms with Gasteiger partial charge in [-0.05, 0) is 36.0 Å². The molecule has 2 rings (SSSR count). The molecule has 0 atom stereocenters. The molecule has 0 saturated heterocycles. The summed E-state index contributed by atoms with van der Waals surface area (Å²) in [6.45, 7) is 0. The topological polar surface area (TPSA) is 75.6 Å². The third kappa shape index (κ3) is 2.30. The van der Waals surface area contributed by atoms with E-state index >= 15 is 0 Å². The van der Waals surface area contributed by atoms with Crippen LogP contribution < -0.4 is 5.73 Å². The minimum atomic E-state index is 0.577. The van der Waals surface area contributed by atoms with E-state index in [0.717, 1.165) is 4.90 Å². The first kappa shape index (κ1) is 10.5. The van der Waals surface area contributed by atoms with E-state index in [4.69, 9.17) is 11.0 Å². The fraction of sp³-hybridized carbons (Fsp3) is 0. The highest BCUT2D eigenvalue weighted by Crippen LogP contribution is 2.29. The van der Waals surface area contributed by atoms with Gasteiger partial charge in [0.2, 0.25) is 0 Å². The van der Waals surface area contributed by atoms with Crippen LogP contribution in [-0.4, -0.2) is 9.97 Å². The lowest BCUT2D eigenvalue weighted by Crippen LogP contribution is -1.91. The van der Waals surface area contributed by atoms with Gasteiger partial charge in [-0.25, -0.2) is 9.97 Å². The summed E-state index contributed by atoms with van der Waals surface area (Å²) in [4.78, 5) is 8.96. The van der Waals surface area contributed by atoms with Gasteiger partial charge < -0.3 is 5.73 Å². The van der Waals surface area contributed by atoms with Crippen molar-refractivity contribution in [1.29, 1.82) is 5.26 Å². The molecule has 0 amide bonds. The Morgan fingerprint density at radius 2 is 2.00 bits per heavy atom. The van der Waals surface area contributed by atoms with Crippen LogP contribution in [0.1, 0.15) is 5.56 Å². The maximum Gasteiger partial charge on any atom is 0.192 e. The summed E-state index contributed by atoms with van der Waals surface area (Å²) in [7, 11) is 0.